The Bertz CT molecular complexity index is 709. The highest BCUT2D eigenvalue weighted by molar-refractivity contribution is 14.1. The van der Waals surface area contributed by atoms with Crippen molar-refractivity contribution in [2.24, 2.45) is 5.92 Å². The van der Waals surface area contributed by atoms with Crippen LogP contribution < -0.4 is 4.90 Å². The van der Waals surface area contributed by atoms with E-state index in [1.807, 2.05) is 22.6 Å². The van der Waals surface area contributed by atoms with Crippen LogP contribution in [0.15, 0.2) is 18.2 Å². The molecule has 0 N–H and O–H groups in total. The number of carbonyl (C=O) groups excluding carboxylic acids is 1. The lowest BCUT2D eigenvalue weighted by molar-refractivity contribution is -0.384. The Morgan fingerprint density at radius 1 is 1.48 bits per heavy atom. The van der Waals surface area contributed by atoms with Gasteiger partial charge in [-0.05, 0) is 34.7 Å². The normalized spacial score (nSPS) is 19.0. The number of rotatable bonds is 4. The first kappa shape index (κ1) is 16.4. The molecule has 0 aromatic heterocycles. The van der Waals surface area contributed by atoms with Crippen molar-refractivity contribution < 1.29 is 18.1 Å². The van der Waals surface area contributed by atoms with Crippen molar-refractivity contribution in [1.29, 1.82) is 0 Å². The summed E-state index contributed by atoms with van der Waals surface area (Å²) in [4.78, 5) is 23.8. The third-order valence-corrected chi connectivity index (χ3v) is 4.98. The summed E-state index contributed by atoms with van der Waals surface area (Å²) in [7, 11) is 1.48. The number of nitrogens with zero attached hydrogens (tertiary/aromatic N) is 2. The summed E-state index contributed by atoms with van der Waals surface area (Å²) in [5, 5.41) is 11.1. The molecule has 0 bridgehead atoms. The summed E-state index contributed by atoms with van der Waals surface area (Å²) in [5.74, 6) is -1.13. The summed E-state index contributed by atoms with van der Waals surface area (Å²) >= 11 is 1.94. The molecule has 1 unspecified atom stereocenters. The number of hydrogen-bond donors (Lipinski definition) is 0. The van der Waals surface area contributed by atoms with E-state index in [0.29, 0.717) is 3.57 Å². The number of carbonyl (C=O) groups is 1. The first-order valence-electron chi connectivity index (χ1n) is 5.84. The quantitative estimate of drug-likeness (QED) is 0.307. The summed E-state index contributed by atoms with van der Waals surface area (Å²) in [6, 6.07) is 4.52. The van der Waals surface area contributed by atoms with Crippen molar-refractivity contribution in [3.63, 3.8) is 0 Å². The van der Waals surface area contributed by atoms with Crippen LogP contribution in [0, 0.1) is 19.6 Å². The highest BCUT2D eigenvalue weighted by Gasteiger charge is 2.36. The second kappa shape index (κ2) is 6.05. The first-order chi connectivity index (χ1) is 9.67. The fraction of sp³-hybridized carbons (Fsp3) is 0.364. The molecule has 1 aliphatic rings. The van der Waals surface area contributed by atoms with Crippen LogP contribution >= 0.6 is 33.3 Å². The van der Waals surface area contributed by atoms with E-state index in [9.17, 15) is 23.3 Å². The molecule has 1 fully saturated rings. The van der Waals surface area contributed by atoms with Crippen LogP contribution in [0.4, 0.5) is 11.4 Å². The van der Waals surface area contributed by atoms with Crippen LogP contribution in [-0.4, -0.2) is 31.5 Å². The van der Waals surface area contributed by atoms with Gasteiger partial charge in [0, 0.05) is 39.2 Å². The lowest BCUT2D eigenvalue weighted by atomic mass is 10.1. The maximum absolute atomic E-state index is 12.0. The van der Waals surface area contributed by atoms with Crippen LogP contribution in [0.3, 0.4) is 0 Å². The van der Waals surface area contributed by atoms with Gasteiger partial charge in [-0.25, -0.2) is 8.42 Å². The Morgan fingerprint density at radius 3 is 2.71 bits per heavy atom. The van der Waals surface area contributed by atoms with Crippen molar-refractivity contribution in [2.45, 2.75) is 6.42 Å². The maximum Gasteiger partial charge on any atom is 0.294 e. The topological polar surface area (TPSA) is 97.6 Å². The van der Waals surface area contributed by atoms with Crippen LogP contribution in [0.2, 0.25) is 0 Å². The minimum absolute atomic E-state index is 0.00902. The van der Waals surface area contributed by atoms with Gasteiger partial charge < -0.3 is 4.90 Å². The summed E-state index contributed by atoms with van der Waals surface area (Å²) < 4.78 is 22.8. The molecule has 7 nitrogen and oxygen atoms in total. The van der Waals surface area contributed by atoms with E-state index >= 15 is 0 Å². The highest BCUT2D eigenvalue weighted by Crippen LogP contribution is 2.34. The van der Waals surface area contributed by atoms with Crippen molar-refractivity contribution in [3.8, 4) is 0 Å². The number of hydrogen-bond acceptors (Lipinski definition) is 5. The lowest BCUT2D eigenvalue weighted by Crippen LogP contribution is -2.26. The van der Waals surface area contributed by atoms with Gasteiger partial charge in [0.05, 0.1) is 10.7 Å². The van der Waals surface area contributed by atoms with Gasteiger partial charge in [0.25, 0.3) is 5.69 Å². The van der Waals surface area contributed by atoms with Crippen molar-refractivity contribution in [3.05, 3.63) is 31.9 Å². The average molecular weight is 445 g/mol. The van der Waals surface area contributed by atoms with Crippen molar-refractivity contribution in [2.75, 3.05) is 17.2 Å². The van der Waals surface area contributed by atoms with Gasteiger partial charge in [-0.3, -0.25) is 14.9 Å². The van der Waals surface area contributed by atoms with Crippen molar-refractivity contribution in [1.82, 2.24) is 0 Å². The first-order valence-corrected chi connectivity index (χ1v) is 9.40. The predicted molar refractivity (Wildman–Crippen MR) is 85.9 cm³/mol. The largest absolute Gasteiger partial charge is 0.306 e. The summed E-state index contributed by atoms with van der Waals surface area (Å²) in [6.07, 6.45) is 0.00902. The molecular weight excluding hydrogens is 435 g/mol. The van der Waals surface area contributed by atoms with E-state index in [1.165, 1.54) is 17.0 Å². The van der Waals surface area contributed by atoms with Crippen LogP contribution in [0.1, 0.15) is 6.42 Å². The van der Waals surface area contributed by atoms with Crippen LogP contribution in [0.25, 0.3) is 0 Å². The molecule has 1 heterocycles. The van der Waals surface area contributed by atoms with Gasteiger partial charge in [-0.2, -0.15) is 0 Å². The van der Waals surface area contributed by atoms with Gasteiger partial charge in [0.1, 0.15) is 5.69 Å². The standard InChI is InChI=1S/C11H10ClIN2O5S/c12-21(19,20)6-7-3-11(16)14(5-7)9-2-1-8(13)4-10(9)15(17)18/h1-2,4,7H,3,5-6H2. The number of nitro groups is 1. The van der Waals surface area contributed by atoms with Gasteiger partial charge >= 0.3 is 0 Å². The minimum atomic E-state index is -3.71. The Balaban J connectivity index is 2.31. The summed E-state index contributed by atoms with van der Waals surface area (Å²) in [5.41, 5.74) is 0.00418. The fourth-order valence-electron chi connectivity index (χ4n) is 2.28. The third kappa shape index (κ3) is 4.04. The zero-order chi connectivity index (χ0) is 15.8. The number of benzene rings is 1. The number of halogens is 2. The molecule has 1 aromatic carbocycles. The minimum Gasteiger partial charge on any atom is -0.306 e. The predicted octanol–water partition coefficient (Wildman–Crippen LogP) is 2.12. The zero-order valence-electron chi connectivity index (χ0n) is 10.5. The van der Waals surface area contributed by atoms with E-state index in [4.69, 9.17) is 10.7 Å². The van der Waals surface area contributed by atoms with Crippen molar-refractivity contribution >= 4 is 59.6 Å². The second-order valence-electron chi connectivity index (χ2n) is 4.67. The van der Waals surface area contributed by atoms with Crippen LogP contribution in [0.5, 0.6) is 0 Å². The molecule has 1 saturated heterocycles. The molecule has 0 radical (unpaired) electrons. The smallest absolute Gasteiger partial charge is 0.294 e. The molecule has 0 aliphatic carbocycles. The number of anilines is 1. The molecule has 1 aromatic rings. The SMILES string of the molecule is O=C1CC(CS(=O)(=O)Cl)CN1c1ccc(I)cc1[N+](=O)[O-]. The molecular formula is C11H10ClIN2O5S. The average Bonchev–Trinajstić information content (AvgIpc) is 2.67. The van der Waals surface area contributed by atoms with Gasteiger partial charge in [0.2, 0.25) is 15.0 Å². The van der Waals surface area contributed by atoms with Crippen LogP contribution in [-0.2, 0) is 13.8 Å². The Morgan fingerprint density at radius 2 is 2.14 bits per heavy atom. The Hall–Kier alpha value is -0.940. The molecule has 0 spiro atoms. The molecule has 0 saturated carbocycles. The molecule has 1 atom stereocenters. The monoisotopic (exact) mass is 444 g/mol. The van der Waals surface area contributed by atoms with E-state index in [1.54, 1.807) is 6.07 Å². The van der Waals surface area contributed by atoms with E-state index < -0.39 is 19.9 Å². The van der Waals surface area contributed by atoms with E-state index in [0.717, 1.165) is 0 Å². The molecule has 114 valence electrons. The second-order valence-corrected chi connectivity index (χ2v) is 8.74. The Kier molecular flexibility index (Phi) is 4.73. The number of amides is 1. The zero-order valence-corrected chi connectivity index (χ0v) is 14.3. The molecule has 2 rings (SSSR count). The van der Waals surface area contributed by atoms with Gasteiger partial charge in [0.15, 0.2) is 0 Å². The fourth-order valence-corrected chi connectivity index (χ4v) is 4.07. The number of nitro benzene ring substituents is 1. The molecule has 21 heavy (non-hydrogen) atoms. The van der Waals surface area contributed by atoms with E-state index in [-0.39, 0.29) is 36.0 Å². The Labute approximate surface area is 139 Å². The maximum atomic E-state index is 12.0. The lowest BCUT2D eigenvalue weighted by Gasteiger charge is -2.16. The molecule has 1 aliphatic heterocycles. The molecule has 1 amide bonds. The summed E-state index contributed by atoms with van der Waals surface area (Å²) in [6.45, 7) is 0.103. The molecule has 10 heteroatoms. The highest BCUT2D eigenvalue weighted by atomic mass is 127. The third-order valence-electron chi connectivity index (χ3n) is 3.06. The van der Waals surface area contributed by atoms with Gasteiger partial charge in [-0.15, -0.1) is 0 Å². The van der Waals surface area contributed by atoms with E-state index in [2.05, 4.69) is 0 Å². The van der Waals surface area contributed by atoms with Gasteiger partial charge in [-0.1, -0.05) is 0 Å².